The van der Waals surface area contributed by atoms with Gasteiger partial charge in [-0.3, -0.25) is 0 Å². The van der Waals surface area contributed by atoms with Crippen LogP contribution in [0.2, 0.25) is 5.02 Å². The van der Waals surface area contributed by atoms with Crippen molar-refractivity contribution in [3.63, 3.8) is 0 Å². The van der Waals surface area contributed by atoms with Crippen molar-refractivity contribution in [2.75, 3.05) is 6.54 Å². The van der Waals surface area contributed by atoms with E-state index in [1.807, 2.05) is 27.7 Å². The second-order valence-electron chi connectivity index (χ2n) is 7.95. The minimum absolute atomic E-state index is 0.0378. The summed E-state index contributed by atoms with van der Waals surface area (Å²) in [7, 11) is -4.06. The highest BCUT2D eigenvalue weighted by molar-refractivity contribution is 7.87. The van der Waals surface area contributed by atoms with Crippen LogP contribution in [0.3, 0.4) is 0 Å². The number of aryl methyl sites for hydroxylation is 1. The van der Waals surface area contributed by atoms with E-state index in [1.165, 1.54) is 6.07 Å². The van der Waals surface area contributed by atoms with Crippen LogP contribution in [0.4, 0.5) is 4.79 Å². The number of nitrogens with one attached hydrogen (secondary N) is 1. The molecule has 2 aromatic carbocycles. The Hall–Kier alpha value is -2.25. The van der Waals surface area contributed by atoms with E-state index in [0.717, 1.165) is 5.56 Å². The van der Waals surface area contributed by atoms with Gasteiger partial charge in [0.1, 0.15) is 10.6 Å². The van der Waals surface area contributed by atoms with E-state index in [2.05, 4.69) is 5.32 Å². The highest BCUT2D eigenvalue weighted by Gasteiger charge is 2.23. The molecule has 0 radical (unpaired) electrons. The Morgan fingerprint density at radius 2 is 1.73 bits per heavy atom. The van der Waals surface area contributed by atoms with Crippen molar-refractivity contribution < 1.29 is 17.4 Å². The molecule has 2 rings (SSSR count). The summed E-state index contributed by atoms with van der Waals surface area (Å²) in [5.41, 5.74) is 1.38. The molecule has 2 amide bonds. The van der Waals surface area contributed by atoms with Crippen LogP contribution in [0, 0.1) is 12.8 Å². The molecule has 164 valence electrons. The fraction of sp³-hybridized carbons (Fsp3) is 0.409. The van der Waals surface area contributed by atoms with E-state index in [4.69, 9.17) is 15.8 Å². The molecular weight excluding hydrogens is 424 g/mol. The normalized spacial score (nSPS) is 11.6. The molecular formula is C22H29ClN2O4S. The van der Waals surface area contributed by atoms with Crippen LogP contribution in [-0.4, -0.2) is 31.9 Å². The largest absolute Gasteiger partial charge is 0.379 e. The third kappa shape index (κ3) is 6.64. The Morgan fingerprint density at radius 3 is 2.27 bits per heavy atom. The van der Waals surface area contributed by atoms with E-state index < -0.39 is 10.1 Å². The summed E-state index contributed by atoms with van der Waals surface area (Å²) >= 11 is 6.07. The van der Waals surface area contributed by atoms with Gasteiger partial charge in [0, 0.05) is 19.1 Å². The number of hydrogen-bond acceptors (Lipinski definition) is 4. The number of urea groups is 1. The number of hydrogen-bond donors (Lipinski definition) is 1. The molecule has 0 saturated heterocycles. The Bertz CT molecular complexity index is 953. The average molecular weight is 453 g/mol. The summed E-state index contributed by atoms with van der Waals surface area (Å²) in [5.74, 6) is 0.495. The van der Waals surface area contributed by atoms with Crippen molar-refractivity contribution in [1.82, 2.24) is 10.2 Å². The third-order valence-corrected chi connectivity index (χ3v) is 6.08. The molecule has 0 aliphatic heterocycles. The summed E-state index contributed by atoms with van der Waals surface area (Å²) in [6, 6.07) is 11.4. The summed E-state index contributed by atoms with van der Waals surface area (Å²) in [6.45, 7) is 10.6. The zero-order valence-electron chi connectivity index (χ0n) is 18.0. The maximum Gasteiger partial charge on any atom is 0.340 e. The van der Waals surface area contributed by atoms with Crippen LogP contribution in [-0.2, 0) is 16.7 Å². The van der Waals surface area contributed by atoms with Crippen LogP contribution >= 0.6 is 11.6 Å². The molecule has 0 bridgehead atoms. The van der Waals surface area contributed by atoms with Gasteiger partial charge in [-0.25, -0.2) is 4.79 Å². The van der Waals surface area contributed by atoms with Crippen LogP contribution in [0.15, 0.2) is 47.4 Å². The lowest BCUT2D eigenvalue weighted by molar-refractivity contribution is 0.185. The van der Waals surface area contributed by atoms with Gasteiger partial charge in [0.15, 0.2) is 0 Å². The second kappa shape index (κ2) is 10.2. The molecule has 2 aromatic rings. The van der Waals surface area contributed by atoms with Gasteiger partial charge in [0.2, 0.25) is 0 Å². The number of halogens is 1. The summed E-state index contributed by atoms with van der Waals surface area (Å²) < 4.78 is 30.6. The highest BCUT2D eigenvalue weighted by Crippen LogP contribution is 2.28. The van der Waals surface area contributed by atoms with Crippen molar-refractivity contribution in [3.05, 3.63) is 58.6 Å². The van der Waals surface area contributed by atoms with Gasteiger partial charge in [-0.2, -0.15) is 8.42 Å². The number of rotatable bonds is 8. The minimum Gasteiger partial charge on any atom is -0.379 e. The van der Waals surface area contributed by atoms with E-state index in [1.54, 1.807) is 48.2 Å². The van der Waals surface area contributed by atoms with Crippen LogP contribution < -0.4 is 9.50 Å². The molecule has 0 atom stereocenters. The first-order valence-corrected chi connectivity index (χ1v) is 11.6. The zero-order valence-corrected chi connectivity index (χ0v) is 19.5. The van der Waals surface area contributed by atoms with Crippen molar-refractivity contribution in [2.45, 2.75) is 52.1 Å². The second-order valence-corrected chi connectivity index (χ2v) is 9.84. The minimum atomic E-state index is -4.06. The number of carbonyl (C=O) groups is 1. The van der Waals surface area contributed by atoms with Gasteiger partial charge >= 0.3 is 16.1 Å². The highest BCUT2D eigenvalue weighted by atomic mass is 35.5. The molecule has 8 heteroatoms. The molecule has 0 heterocycles. The lowest BCUT2D eigenvalue weighted by Gasteiger charge is -2.26. The maximum absolute atomic E-state index is 12.7. The topological polar surface area (TPSA) is 75.7 Å². The standard InChI is InChI=1S/C22H29ClN2O4S/c1-15(2)13-25(22(26)24-16(3)4)14-18-9-11-19(12-10-18)29-30(27,28)21-17(5)7-6-8-20(21)23/h6-12,15-16H,13-14H2,1-5H3,(H,24,26). The summed E-state index contributed by atoms with van der Waals surface area (Å²) in [5, 5.41) is 3.03. The molecule has 6 nitrogen and oxygen atoms in total. The molecule has 30 heavy (non-hydrogen) atoms. The lowest BCUT2D eigenvalue weighted by Crippen LogP contribution is -2.44. The summed E-state index contributed by atoms with van der Waals surface area (Å²) in [4.78, 5) is 14.2. The fourth-order valence-corrected chi connectivity index (χ4v) is 4.69. The Kier molecular flexibility index (Phi) is 8.15. The predicted octanol–water partition coefficient (Wildman–Crippen LogP) is 4.99. The lowest BCUT2D eigenvalue weighted by atomic mass is 10.1. The van der Waals surface area contributed by atoms with Crippen LogP contribution in [0.1, 0.15) is 38.8 Å². The molecule has 0 aliphatic rings. The fourth-order valence-electron chi connectivity index (χ4n) is 2.97. The molecule has 0 spiro atoms. The molecule has 0 aromatic heterocycles. The first kappa shape index (κ1) is 24.0. The van der Waals surface area contributed by atoms with E-state index in [9.17, 15) is 13.2 Å². The van der Waals surface area contributed by atoms with Gasteiger partial charge < -0.3 is 14.4 Å². The van der Waals surface area contributed by atoms with E-state index in [-0.39, 0.29) is 27.7 Å². The van der Waals surface area contributed by atoms with Gasteiger partial charge in [-0.05, 0) is 56.0 Å². The number of carbonyl (C=O) groups excluding carboxylic acids is 1. The molecule has 1 N–H and O–H groups in total. The first-order chi connectivity index (χ1) is 14.0. The summed E-state index contributed by atoms with van der Waals surface area (Å²) in [6.07, 6.45) is 0. The first-order valence-electron chi connectivity index (χ1n) is 9.83. The van der Waals surface area contributed by atoms with E-state index >= 15 is 0 Å². The maximum atomic E-state index is 12.7. The quantitative estimate of drug-likeness (QED) is 0.572. The van der Waals surface area contributed by atoms with Gasteiger partial charge in [0.25, 0.3) is 0 Å². The van der Waals surface area contributed by atoms with Crippen LogP contribution in [0.5, 0.6) is 5.75 Å². The third-order valence-electron chi connectivity index (χ3n) is 4.20. The van der Waals surface area contributed by atoms with Crippen molar-refractivity contribution in [2.24, 2.45) is 5.92 Å². The van der Waals surface area contributed by atoms with Gasteiger partial charge in [0.05, 0.1) is 5.02 Å². The van der Waals surface area contributed by atoms with Gasteiger partial charge in [-0.1, -0.05) is 49.7 Å². The van der Waals surface area contributed by atoms with Crippen molar-refractivity contribution in [3.8, 4) is 5.75 Å². The molecule has 0 saturated carbocycles. The van der Waals surface area contributed by atoms with Crippen molar-refractivity contribution in [1.29, 1.82) is 0 Å². The van der Waals surface area contributed by atoms with E-state index in [0.29, 0.717) is 24.6 Å². The number of benzene rings is 2. The monoisotopic (exact) mass is 452 g/mol. The molecule has 0 aliphatic carbocycles. The smallest absolute Gasteiger partial charge is 0.340 e. The predicted molar refractivity (Wildman–Crippen MR) is 119 cm³/mol. The van der Waals surface area contributed by atoms with Gasteiger partial charge in [-0.15, -0.1) is 0 Å². The Balaban J connectivity index is 2.16. The number of amides is 2. The molecule has 0 fully saturated rings. The molecule has 0 unspecified atom stereocenters. The Labute approximate surface area is 184 Å². The average Bonchev–Trinajstić information content (AvgIpc) is 2.61. The Morgan fingerprint density at radius 1 is 1.10 bits per heavy atom. The SMILES string of the molecule is Cc1cccc(Cl)c1S(=O)(=O)Oc1ccc(CN(CC(C)C)C(=O)NC(C)C)cc1. The van der Waals surface area contributed by atoms with Crippen molar-refractivity contribution >= 4 is 27.8 Å². The zero-order chi connectivity index (χ0) is 22.5. The van der Waals surface area contributed by atoms with Crippen LogP contribution in [0.25, 0.3) is 0 Å². The number of nitrogens with zero attached hydrogens (tertiary/aromatic N) is 1.